The normalized spacial score (nSPS) is 10.2. The Morgan fingerprint density at radius 1 is 1.32 bits per heavy atom. The quantitative estimate of drug-likeness (QED) is 0.580. The van der Waals surface area contributed by atoms with Crippen LogP contribution in [0.25, 0.3) is 0 Å². The van der Waals surface area contributed by atoms with Crippen molar-refractivity contribution in [1.29, 1.82) is 0 Å². The number of hydrogen-bond donors (Lipinski definition) is 2. The largest absolute Gasteiger partial charge is 0.505 e. The molecule has 104 valence electrons. The van der Waals surface area contributed by atoms with Crippen LogP contribution in [0.5, 0.6) is 5.75 Å². The molecule has 0 spiro atoms. The zero-order valence-electron chi connectivity index (χ0n) is 10.8. The van der Waals surface area contributed by atoms with Crippen LogP contribution < -0.4 is 0 Å². The second kappa shape index (κ2) is 7.35. The van der Waals surface area contributed by atoms with Gasteiger partial charge in [0.05, 0.1) is 12.2 Å². The molecule has 19 heavy (non-hydrogen) atoms. The van der Waals surface area contributed by atoms with E-state index in [1.165, 1.54) is 0 Å². The molecular weight excluding hydrogens is 250 g/mol. The summed E-state index contributed by atoms with van der Waals surface area (Å²) >= 11 is 0. The third-order valence-corrected chi connectivity index (χ3v) is 2.54. The van der Waals surface area contributed by atoms with Crippen molar-refractivity contribution in [1.82, 2.24) is 4.98 Å². The van der Waals surface area contributed by atoms with E-state index in [9.17, 15) is 14.7 Å². The summed E-state index contributed by atoms with van der Waals surface area (Å²) in [6.45, 7) is 2.39. The molecule has 0 fully saturated rings. The molecule has 0 bridgehead atoms. The molecule has 2 N–H and O–H groups in total. The third-order valence-electron chi connectivity index (χ3n) is 2.54. The summed E-state index contributed by atoms with van der Waals surface area (Å²) in [4.78, 5) is 25.7. The number of ether oxygens (including phenoxy) is 1. The molecule has 1 rings (SSSR count). The van der Waals surface area contributed by atoms with Crippen molar-refractivity contribution in [3.63, 3.8) is 0 Å². The summed E-state index contributed by atoms with van der Waals surface area (Å²) in [5.41, 5.74) is -0.447. The molecule has 0 unspecified atom stereocenters. The third kappa shape index (κ3) is 4.57. The highest BCUT2D eigenvalue weighted by Crippen LogP contribution is 2.16. The molecule has 0 aliphatic heterocycles. The van der Waals surface area contributed by atoms with Gasteiger partial charge in [-0.15, -0.1) is 0 Å². The first-order valence-electron chi connectivity index (χ1n) is 6.15. The van der Waals surface area contributed by atoms with Gasteiger partial charge in [0.25, 0.3) is 0 Å². The Morgan fingerprint density at radius 2 is 2.05 bits per heavy atom. The van der Waals surface area contributed by atoms with Crippen LogP contribution in [0.2, 0.25) is 0 Å². The number of aromatic hydroxyl groups is 1. The number of carboxylic acid groups (broad SMARTS) is 1. The zero-order chi connectivity index (χ0) is 14.3. The fourth-order valence-corrected chi connectivity index (χ4v) is 1.51. The van der Waals surface area contributed by atoms with Crippen molar-refractivity contribution >= 4 is 11.9 Å². The van der Waals surface area contributed by atoms with Gasteiger partial charge in [0.2, 0.25) is 0 Å². The number of esters is 1. The molecule has 1 heterocycles. The Balaban J connectivity index is 2.53. The van der Waals surface area contributed by atoms with Gasteiger partial charge in [-0.3, -0.25) is 0 Å². The summed E-state index contributed by atoms with van der Waals surface area (Å²) in [6, 6.07) is 1.05. The zero-order valence-corrected chi connectivity index (χ0v) is 10.8. The van der Waals surface area contributed by atoms with Gasteiger partial charge in [-0.1, -0.05) is 26.2 Å². The average molecular weight is 267 g/mol. The second-order valence-corrected chi connectivity index (χ2v) is 4.09. The SMILES string of the molecule is CCCCCCOC(=O)c1cnc(C(=O)O)c(O)c1. The number of carbonyl (C=O) groups excluding carboxylic acids is 1. The minimum absolute atomic E-state index is 0.0398. The fraction of sp³-hybridized carbons (Fsp3) is 0.462. The molecule has 1 aromatic rings. The van der Waals surface area contributed by atoms with Crippen LogP contribution in [0.4, 0.5) is 0 Å². The summed E-state index contributed by atoms with van der Waals surface area (Å²) in [6.07, 6.45) is 5.05. The first-order chi connectivity index (χ1) is 9.06. The van der Waals surface area contributed by atoms with Gasteiger partial charge in [-0.05, 0) is 12.5 Å². The average Bonchev–Trinajstić information content (AvgIpc) is 2.37. The molecular formula is C13H17NO5. The number of rotatable bonds is 7. The molecule has 0 amide bonds. The van der Waals surface area contributed by atoms with Crippen LogP contribution in [0.1, 0.15) is 53.5 Å². The van der Waals surface area contributed by atoms with E-state index >= 15 is 0 Å². The van der Waals surface area contributed by atoms with Crippen molar-refractivity contribution in [2.45, 2.75) is 32.6 Å². The number of aromatic nitrogens is 1. The molecule has 0 aliphatic rings. The van der Waals surface area contributed by atoms with Gasteiger partial charge in [0.1, 0.15) is 5.75 Å². The van der Waals surface area contributed by atoms with Gasteiger partial charge in [0.15, 0.2) is 5.69 Å². The Labute approximate surface area is 111 Å². The van der Waals surface area contributed by atoms with Crippen molar-refractivity contribution in [3.05, 3.63) is 23.5 Å². The molecule has 1 aromatic heterocycles. The van der Waals surface area contributed by atoms with Gasteiger partial charge in [-0.25, -0.2) is 14.6 Å². The molecule has 0 atom stereocenters. The monoisotopic (exact) mass is 267 g/mol. The number of nitrogens with zero attached hydrogens (tertiary/aromatic N) is 1. The Morgan fingerprint density at radius 3 is 2.63 bits per heavy atom. The minimum atomic E-state index is -1.35. The van der Waals surface area contributed by atoms with Crippen molar-refractivity contribution in [2.24, 2.45) is 0 Å². The summed E-state index contributed by atoms with van der Waals surface area (Å²) in [5.74, 6) is -2.51. The van der Waals surface area contributed by atoms with Crippen LogP contribution in [-0.2, 0) is 4.74 Å². The molecule has 6 nitrogen and oxygen atoms in total. The number of hydrogen-bond acceptors (Lipinski definition) is 5. The second-order valence-electron chi connectivity index (χ2n) is 4.09. The maximum atomic E-state index is 11.6. The predicted octanol–water partition coefficient (Wildman–Crippen LogP) is 2.22. The van der Waals surface area contributed by atoms with Crippen LogP contribution >= 0.6 is 0 Å². The summed E-state index contributed by atoms with van der Waals surface area (Å²) < 4.78 is 4.99. The van der Waals surface area contributed by atoms with Crippen molar-refractivity contribution in [3.8, 4) is 5.75 Å². The van der Waals surface area contributed by atoms with E-state index in [2.05, 4.69) is 11.9 Å². The van der Waals surface area contributed by atoms with Gasteiger partial charge < -0.3 is 14.9 Å². The highest BCUT2D eigenvalue weighted by atomic mass is 16.5. The van der Waals surface area contributed by atoms with Crippen LogP contribution in [0, 0.1) is 0 Å². The van der Waals surface area contributed by atoms with Gasteiger partial charge in [-0.2, -0.15) is 0 Å². The molecule has 6 heteroatoms. The summed E-state index contributed by atoms with van der Waals surface area (Å²) in [7, 11) is 0. The number of unbranched alkanes of at least 4 members (excludes halogenated alkanes) is 3. The number of aromatic carboxylic acids is 1. The molecule has 0 aromatic carbocycles. The van der Waals surface area contributed by atoms with E-state index in [1.54, 1.807) is 0 Å². The highest BCUT2D eigenvalue weighted by Gasteiger charge is 2.15. The lowest BCUT2D eigenvalue weighted by Crippen LogP contribution is -2.09. The number of carboxylic acids is 1. The van der Waals surface area contributed by atoms with Crippen molar-refractivity contribution < 1.29 is 24.5 Å². The van der Waals surface area contributed by atoms with Crippen LogP contribution in [0.3, 0.4) is 0 Å². The highest BCUT2D eigenvalue weighted by molar-refractivity contribution is 5.93. The van der Waals surface area contributed by atoms with E-state index in [1.807, 2.05) is 0 Å². The van der Waals surface area contributed by atoms with Gasteiger partial charge in [0, 0.05) is 6.20 Å². The van der Waals surface area contributed by atoms with E-state index in [0.29, 0.717) is 6.61 Å². The predicted molar refractivity (Wildman–Crippen MR) is 67.3 cm³/mol. The lowest BCUT2D eigenvalue weighted by molar-refractivity contribution is 0.0495. The Hall–Kier alpha value is -2.11. The topological polar surface area (TPSA) is 96.7 Å². The standard InChI is InChI=1S/C13H17NO5/c1-2-3-4-5-6-19-13(18)9-7-10(15)11(12(16)17)14-8-9/h7-8,15H,2-6H2,1H3,(H,16,17). The number of pyridine rings is 1. The van der Waals surface area contributed by atoms with Crippen LogP contribution in [0.15, 0.2) is 12.3 Å². The van der Waals surface area contributed by atoms with E-state index in [-0.39, 0.29) is 5.56 Å². The molecule has 0 radical (unpaired) electrons. The number of carbonyl (C=O) groups is 2. The first kappa shape index (κ1) is 14.9. The van der Waals surface area contributed by atoms with Crippen molar-refractivity contribution in [2.75, 3.05) is 6.61 Å². The fourth-order valence-electron chi connectivity index (χ4n) is 1.51. The van der Waals surface area contributed by atoms with Crippen LogP contribution in [-0.4, -0.2) is 33.7 Å². The minimum Gasteiger partial charge on any atom is -0.505 e. The van der Waals surface area contributed by atoms with Gasteiger partial charge >= 0.3 is 11.9 Å². The smallest absolute Gasteiger partial charge is 0.358 e. The van der Waals surface area contributed by atoms with E-state index < -0.39 is 23.4 Å². The maximum Gasteiger partial charge on any atom is 0.358 e. The first-order valence-corrected chi connectivity index (χ1v) is 6.15. The molecule has 0 aliphatic carbocycles. The Kier molecular flexibility index (Phi) is 5.78. The lowest BCUT2D eigenvalue weighted by atomic mass is 10.2. The molecule has 0 saturated carbocycles. The maximum absolute atomic E-state index is 11.6. The Bertz CT molecular complexity index is 458. The van der Waals surface area contributed by atoms with E-state index in [4.69, 9.17) is 9.84 Å². The summed E-state index contributed by atoms with van der Waals surface area (Å²) in [5, 5.41) is 18.1. The lowest BCUT2D eigenvalue weighted by Gasteiger charge is -2.05. The van der Waals surface area contributed by atoms with E-state index in [0.717, 1.165) is 37.9 Å². The molecule has 0 saturated heterocycles.